The lowest BCUT2D eigenvalue weighted by molar-refractivity contribution is -0.119. The monoisotopic (exact) mass is 208 g/mol. The summed E-state index contributed by atoms with van der Waals surface area (Å²) in [6.07, 6.45) is 1.37. The van der Waals surface area contributed by atoms with Crippen molar-refractivity contribution in [1.82, 2.24) is 9.55 Å². The van der Waals surface area contributed by atoms with E-state index >= 15 is 0 Å². The van der Waals surface area contributed by atoms with E-state index in [9.17, 15) is 9.59 Å². The van der Waals surface area contributed by atoms with E-state index in [0.29, 0.717) is 25.1 Å². The molecule has 1 N–H and O–H groups in total. The van der Waals surface area contributed by atoms with Gasteiger partial charge in [-0.2, -0.15) is 0 Å². The summed E-state index contributed by atoms with van der Waals surface area (Å²) >= 11 is 0. The summed E-state index contributed by atoms with van der Waals surface area (Å²) in [6.45, 7) is 2.50. The van der Waals surface area contributed by atoms with Crippen molar-refractivity contribution in [1.29, 1.82) is 0 Å². The molecule has 0 saturated carbocycles. The zero-order chi connectivity index (χ0) is 11.0. The van der Waals surface area contributed by atoms with Crippen LogP contribution in [0.3, 0.4) is 0 Å². The number of imidazole rings is 1. The van der Waals surface area contributed by atoms with Crippen LogP contribution in [0.15, 0.2) is 0 Å². The van der Waals surface area contributed by atoms with Gasteiger partial charge in [-0.3, -0.25) is 4.79 Å². The van der Waals surface area contributed by atoms with E-state index in [1.54, 1.807) is 0 Å². The minimum absolute atomic E-state index is 0.0416. The van der Waals surface area contributed by atoms with Gasteiger partial charge in [-0.05, 0) is 0 Å². The second-order valence-corrected chi connectivity index (χ2v) is 3.60. The molecule has 1 aliphatic heterocycles. The summed E-state index contributed by atoms with van der Waals surface area (Å²) < 4.78 is 1.87. The van der Waals surface area contributed by atoms with Gasteiger partial charge in [0.25, 0.3) is 0 Å². The van der Waals surface area contributed by atoms with Crippen molar-refractivity contribution in [2.75, 3.05) is 0 Å². The second-order valence-electron chi connectivity index (χ2n) is 3.60. The number of nitrogens with zero attached hydrogens (tertiary/aromatic N) is 2. The number of Topliss-reactive ketones (excluding diaryl/α,β-unsaturated/α-hetero) is 1. The highest BCUT2D eigenvalue weighted by atomic mass is 16.4. The van der Waals surface area contributed by atoms with E-state index in [1.807, 2.05) is 11.5 Å². The molecule has 1 aromatic heterocycles. The highest BCUT2D eigenvalue weighted by Gasteiger charge is 2.26. The van der Waals surface area contributed by atoms with Crippen molar-refractivity contribution in [3.8, 4) is 0 Å². The summed E-state index contributed by atoms with van der Waals surface area (Å²) in [5, 5.41) is 8.95. The Bertz CT molecular complexity index is 434. The lowest BCUT2D eigenvalue weighted by Crippen LogP contribution is -2.21. The summed E-state index contributed by atoms with van der Waals surface area (Å²) in [5.74, 6) is -0.199. The molecule has 0 radical (unpaired) electrons. The molecule has 0 unspecified atom stereocenters. The molecular weight excluding hydrogens is 196 g/mol. The molecule has 5 heteroatoms. The van der Waals surface area contributed by atoms with Gasteiger partial charge in [0.2, 0.25) is 0 Å². The molecule has 0 aromatic carbocycles. The van der Waals surface area contributed by atoms with E-state index in [-0.39, 0.29) is 17.9 Å². The van der Waals surface area contributed by atoms with Crippen LogP contribution in [0.4, 0.5) is 0 Å². The highest BCUT2D eigenvalue weighted by molar-refractivity contribution is 5.90. The normalized spacial score (nSPS) is 15.1. The lowest BCUT2D eigenvalue weighted by atomic mass is 10.1. The number of hydrogen-bond donors (Lipinski definition) is 1. The van der Waals surface area contributed by atoms with Crippen LogP contribution in [-0.2, 0) is 24.2 Å². The molecule has 0 fully saturated rings. The van der Waals surface area contributed by atoms with E-state index in [4.69, 9.17) is 5.11 Å². The number of aromatic carboxylic acids is 1. The van der Waals surface area contributed by atoms with Crippen LogP contribution < -0.4 is 0 Å². The lowest BCUT2D eigenvalue weighted by Gasteiger charge is -2.15. The Morgan fingerprint density at radius 3 is 2.93 bits per heavy atom. The second kappa shape index (κ2) is 3.49. The van der Waals surface area contributed by atoms with E-state index in [1.165, 1.54) is 0 Å². The van der Waals surface area contributed by atoms with Crippen LogP contribution >= 0.6 is 0 Å². The van der Waals surface area contributed by atoms with Crippen LogP contribution in [0.1, 0.15) is 35.4 Å². The van der Waals surface area contributed by atoms with Gasteiger partial charge >= 0.3 is 5.97 Å². The summed E-state index contributed by atoms with van der Waals surface area (Å²) in [6, 6.07) is 0. The molecule has 5 nitrogen and oxygen atoms in total. The number of carboxylic acid groups (broad SMARTS) is 1. The summed E-state index contributed by atoms with van der Waals surface area (Å²) in [5.41, 5.74) is 0.607. The van der Waals surface area contributed by atoms with E-state index < -0.39 is 5.97 Å². The Morgan fingerprint density at radius 2 is 2.33 bits per heavy atom. The van der Waals surface area contributed by atoms with Gasteiger partial charge in [0.05, 0.1) is 5.69 Å². The first-order valence-electron chi connectivity index (χ1n) is 4.96. The maximum Gasteiger partial charge on any atom is 0.356 e. The molecule has 2 heterocycles. The maximum absolute atomic E-state index is 11.3. The average Bonchev–Trinajstić information content (AvgIpc) is 2.55. The standard InChI is InChI=1S/C10H12N2O3/c1-2-8-11-9(10(14)15)7-5-6(13)3-4-12(7)8/h2-5H2,1H3,(H,14,15). The largest absolute Gasteiger partial charge is 0.476 e. The van der Waals surface area contributed by atoms with Gasteiger partial charge in [-0.15, -0.1) is 0 Å². The Morgan fingerprint density at radius 1 is 1.60 bits per heavy atom. The number of carbonyl (C=O) groups excluding carboxylic acids is 1. The number of carboxylic acids is 1. The smallest absolute Gasteiger partial charge is 0.356 e. The fraction of sp³-hybridized carbons (Fsp3) is 0.500. The Kier molecular flexibility index (Phi) is 2.30. The van der Waals surface area contributed by atoms with Crippen molar-refractivity contribution >= 4 is 11.8 Å². The zero-order valence-corrected chi connectivity index (χ0v) is 8.49. The van der Waals surface area contributed by atoms with E-state index in [2.05, 4.69) is 4.98 Å². The molecule has 1 aliphatic rings. The zero-order valence-electron chi connectivity index (χ0n) is 8.49. The van der Waals surface area contributed by atoms with E-state index in [0.717, 1.165) is 5.82 Å². The first-order valence-corrected chi connectivity index (χ1v) is 4.96. The third-order valence-corrected chi connectivity index (χ3v) is 2.65. The minimum atomic E-state index is -1.05. The van der Waals surface area contributed by atoms with Crippen LogP contribution in [-0.4, -0.2) is 26.4 Å². The van der Waals surface area contributed by atoms with Crippen LogP contribution in [0.25, 0.3) is 0 Å². The van der Waals surface area contributed by atoms with Gasteiger partial charge < -0.3 is 9.67 Å². The molecule has 0 spiro atoms. The number of ketones is 1. The SMILES string of the molecule is CCc1nc(C(=O)O)c2n1CCC(=O)C2. The Hall–Kier alpha value is -1.65. The average molecular weight is 208 g/mol. The molecule has 0 amide bonds. The van der Waals surface area contributed by atoms with Crippen LogP contribution in [0.5, 0.6) is 0 Å². The quantitative estimate of drug-likeness (QED) is 0.774. The maximum atomic E-state index is 11.3. The Balaban J connectivity index is 2.54. The van der Waals surface area contributed by atoms with Gasteiger partial charge in [-0.1, -0.05) is 6.92 Å². The third kappa shape index (κ3) is 1.54. The molecule has 15 heavy (non-hydrogen) atoms. The van der Waals surface area contributed by atoms with Crippen LogP contribution in [0.2, 0.25) is 0 Å². The number of hydrogen-bond acceptors (Lipinski definition) is 3. The first-order chi connectivity index (χ1) is 7.13. The third-order valence-electron chi connectivity index (χ3n) is 2.65. The summed E-state index contributed by atoms with van der Waals surface area (Å²) in [7, 11) is 0. The van der Waals surface area contributed by atoms with Crippen LogP contribution in [0, 0.1) is 0 Å². The number of aryl methyl sites for hydroxylation is 1. The van der Waals surface area contributed by atoms with Gasteiger partial charge in [0, 0.05) is 25.8 Å². The molecular formula is C10H12N2O3. The van der Waals surface area contributed by atoms with Gasteiger partial charge in [0.15, 0.2) is 5.69 Å². The first kappa shape index (κ1) is 9.89. The number of aromatic nitrogens is 2. The fourth-order valence-electron chi connectivity index (χ4n) is 1.93. The molecule has 0 saturated heterocycles. The number of carbonyl (C=O) groups is 2. The molecule has 0 atom stereocenters. The molecule has 80 valence electrons. The molecule has 0 aliphatic carbocycles. The van der Waals surface area contributed by atoms with Crippen molar-refractivity contribution in [3.05, 3.63) is 17.2 Å². The van der Waals surface area contributed by atoms with Crippen molar-refractivity contribution in [2.24, 2.45) is 0 Å². The molecule has 0 bridgehead atoms. The van der Waals surface area contributed by atoms with Crippen molar-refractivity contribution < 1.29 is 14.7 Å². The van der Waals surface area contributed by atoms with Crippen molar-refractivity contribution in [2.45, 2.75) is 32.7 Å². The minimum Gasteiger partial charge on any atom is -0.476 e. The van der Waals surface area contributed by atoms with Gasteiger partial charge in [0.1, 0.15) is 11.6 Å². The topological polar surface area (TPSA) is 72.2 Å². The highest BCUT2D eigenvalue weighted by Crippen LogP contribution is 2.19. The fourth-order valence-corrected chi connectivity index (χ4v) is 1.93. The predicted molar refractivity (Wildman–Crippen MR) is 51.9 cm³/mol. The predicted octanol–water partition coefficient (Wildman–Crippen LogP) is 0.659. The van der Waals surface area contributed by atoms with Crippen molar-refractivity contribution in [3.63, 3.8) is 0 Å². The molecule has 2 rings (SSSR count). The van der Waals surface area contributed by atoms with Gasteiger partial charge in [-0.25, -0.2) is 9.78 Å². The Labute approximate surface area is 86.7 Å². The molecule has 1 aromatic rings. The summed E-state index contributed by atoms with van der Waals surface area (Å²) in [4.78, 5) is 26.2. The number of fused-ring (bicyclic) bond motifs is 1. The number of rotatable bonds is 2.